The first-order valence-electron chi connectivity index (χ1n) is 8.28. The highest BCUT2D eigenvalue weighted by Crippen LogP contribution is 2.12. The Morgan fingerprint density at radius 3 is 1.67 bits per heavy atom. The summed E-state index contributed by atoms with van der Waals surface area (Å²) in [4.78, 5) is 0. The van der Waals surface area contributed by atoms with Crippen LogP contribution in [0.2, 0.25) is 0 Å². The maximum Gasteiger partial charge on any atom is -0.0348 e. The Morgan fingerprint density at radius 1 is 0.556 bits per heavy atom. The molecule has 0 fully saturated rings. The maximum atomic E-state index is 2.39. The van der Waals surface area contributed by atoms with Gasteiger partial charge in [0, 0.05) is 0 Å². The van der Waals surface area contributed by atoms with Crippen molar-refractivity contribution in [2.45, 2.75) is 91.9 Å². The minimum Gasteiger partial charge on any atom is -0.0885 e. The summed E-state index contributed by atoms with van der Waals surface area (Å²) in [5.74, 6) is 1.74. The molecule has 0 aromatic heterocycles. The third-order valence-electron chi connectivity index (χ3n) is 3.48. The predicted octanol–water partition coefficient (Wildman–Crippen LogP) is 6.76. The van der Waals surface area contributed by atoms with Gasteiger partial charge in [-0.15, -0.1) is 0 Å². The molecular weight excluding hydrogens is 216 g/mol. The summed E-state index contributed by atoms with van der Waals surface area (Å²) >= 11 is 0. The molecule has 0 amide bonds. The van der Waals surface area contributed by atoms with Gasteiger partial charge in [0.05, 0.1) is 0 Å². The summed E-state index contributed by atoms with van der Waals surface area (Å²) in [5, 5.41) is 0. The molecule has 0 aliphatic heterocycles. The van der Waals surface area contributed by atoms with E-state index in [2.05, 4.69) is 39.8 Å². The van der Waals surface area contributed by atoms with E-state index in [0.717, 1.165) is 11.8 Å². The first-order valence-corrected chi connectivity index (χ1v) is 8.28. The molecule has 0 N–H and O–H groups in total. The van der Waals surface area contributed by atoms with Crippen molar-refractivity contribution in [3.63, 3.8) is 0 Å². The van der Waals surface area contributed by atoms with Gasteiger partial charge in [0.2, 0.25) is 0 Å². The molecule has 0 aromatic carbocycles. The summed E-state index contributed by atoms with van der Waals surface area (Å²) < 4.78 is 0. The number of allylic oxidation sites excluding steroid dienone is 2. The fraction of sp³-hybridized carbons (Fsp3) is 0.889. The molecule has 0 nitrogen and oxygen atoms in total. The Kier molecular flexibility index (Phi) is 13.0. The van der Waals surface area contributed by atoms with Gasteiger partial charge in [0.25, 0.3) is 0 Å². The van der Waals surface area contributed by atoms with E-state index in [1.807, 2.05) is 0 Å². The zero-order chi connectivity index (χ0) is 13.6. The Balaban J connectivity index is 3.07. The van der Waals surface area contributed by atoms with Crippen LogP contribution in [-0.2, 0) is 0 Å². The third kappa shape index (κ3) is 15.7. The SMILES string of the molecule is CC(C)CC/C=C\CCCCCCCCC(C)C. The van der Waals surface area contributed by atoms with E-state index in [1.165, 1.54) is 64.2 Å². The summed E-state index contributed by atoms with van der Waals surface area (Å²) in [5.41, 5.74) is 0. The normalized spacial score (nSPS) is 12.1. The molecule has 0 rings (SSSR count). The summed E-state index contributed by atoms with van der Waals surface area (Å²) in [6, 6.07) is 0. The Bertz CT molecular complexity index is 176. The average Bonchev–Trinajstić information content (AvgIpc) is 2.29. The van der Waals surface area contributed by atoms with Crippen LogP contribution in [0.25, 0.3) is 0 Å². The molecule has 0 atom stereocenters. The van der Waals surface area contributed by atoms with Gasteiger partial charge in [-0.05, 0) is 37.5 Å². The summed E-state index contributed by atoms with van der Waals surface area (Å²) in [6.45, 7) is 9.25. The van der Waals surface area contributed by atoms with E-state index in [0.29, 0.717) is 0 Å². The minimum absolute atomic E-state index is 0.848. The second-order valence-corrected chi connectivity index (χ2v) is 6.54. The highest BCUT2D eigenvalue weighted by atomic mass is 14.0. The lowest BCUT2D eigenvalue weighted by Crippen LogP contribution is -1.87. The van der Waals surface area contributed by atoms with Crippen molar-refractivity contribution in [2.24, 2.45) is 11.8 Å². The Labute approximate surface area is 116 Å². The minimum atomic E-state index is 0.848. The van der Waals surface area contributed by atoms with Gasteiger partial charge in [0.15, 0.2) is 0 Å². The molecule has 0 aliphatic rings. The van der Waals surface area contributed by atoms with Crippen LogP contribution < -0.4 is 0 Å². The van der Waals surface area contributed by atoms with Crippen LogP contribution in [0.15, 0.2) is 12.2 Å². The third-order valence-corrected chi connectivity index (χ3v) is 3.48. The number of rotatable bonds is 12. The molecule has 0 saturated heterocycles. The predicted molar refractivity (Wildman–Crippen MR) is 85.0 cm³/mol. The van der Waals surface area contributed by atoms with E-state index in [1.54, 1.807) is 0 Å². The summed E-state index contributed by atoms with van der Waals surface area (Å²) in [6.07, 6.45) is 18.7. The van der Waals surface area contributed by atoms with Gasteiger partial charge in [0.1, 0.15) is 0 Å². The molecule has 0 bridgehead atoms. The van der Waals surface area contributed by atoms with Crippen molar-refractivity contribution in [3.8, 4) is 0 Å². The first-order chi connectivity index (χ1) is 8.63. The Morgan fingerprint density at radius 2 is 1.06 bits per heavy atom. The monoisotopic (exact) mass is 252 g/mol. The van der Waals surface area contributed by atoms with Crippen LogP contribution in [0.1, 0.15) is 91.9 Å². The van der Waals surface area contributed by atoms with Gasteiger partial charge in [-0.1, -0.05) is 78.4 Å². The smallest absolute Gasteiger partial charge is 0.0348 e. The number of hydrogen-bond acceptors (Lipinski definition) is 0. The summed E-state index contributed by atoms with van der Waals surface area (Å²) in [7, 11) is 0. The van der Waals surface area contributed by atoms with E-state index in [9.17, 15) is 0 Å². The van der Waals surface area contributed by atoms with Crippen molar-refractivity contribution in [2.75, 3.05) is 0 Å². The van der Waals surface area contributed by atoms with E-state index >= 15 is 0 Å². The van der Waals surface area contributed by atoms with Crippen LogP contribution in [0.5, 0.6) is 0 Å². The van der Waals surface area contributed by atoms with Crippen LogP contribution >= 0.6 is 0 Å². The van der Waals surface area contributed by atoms with Crippen LogP contribution in [0, 0.1) is 11.8 Å². The van der Waals surface area contributed by atoms with E-state index in [4.69, 9.17) is 0 Å². The molecule has 0 radical (unpaired) electrons. The van der Waals surface area contributed by atoms with Gasteiger partial charge >= 0.3 is 0 Å². The molecule has 0 aromatic rings. The standard InChI is InChI=1S/C18H36/c1-17(2)15-13-11-9-7-5-6-8-10-12-14-16-18(3)4/h9,11,17-18H,5-8,10,12-16H2,1-4H3/b11-9-. The molecule has 0 spiro atoms. The van der Waals surface area contributed by atoms with Gasteiger partial charge in [-0.25, -0.2) is 0 Å². The topological polar surface area (TPSA) is 0 Å². The first kappa shape index (κ1) is 17.7. The van der Waals surface area contributed by atoms with Gasteiger partial charge in [-0.3, -0.25) is 0 Å². The quantitative estimate of drug-likeness (QED) is 0.266. The highest BCUT2D eigenvalue weighted by Gasteiger charge is 1.94. The molecule has 0 aliphatic carbocycles. The lowest BCUT2D eigenvalue weighted by atomic mass is 10.0. The highest BCUT2D eigenvalue weighted by molar-refractivity contribution is 4.81. The lowest BCUT2D eigenvalue weighted by Gasteiger charge is -2.03. The number of hydrogen-bond donors (Lipinski definition) is 0. The molecular formula is C18H36. The van der Waals surface area contributed by atoms with Crippen molar-refractivity contribution in [1.82, 2.24) is 0 Å². The Hall–Kier alpha value is -0.260. The van der Waals surface area contributed by atoms with Crippen molar-refractivity contribution in [3.05, 3.63) is 12.2 Å². The van der Waals surface area contributed by atoms with Gasteiger partial charge in [-0.2, -0.15) is 0 Å². The average molecular weight is 252 g/mol. The van der Waals surface area contributed by atoms with E-state index < -0.39 is 0 Å². The van der Waals surface area contributed by atoms with Crippen LogP contribution in [0.4, 0.5) is 0 Å². The van der Waals surface area contributed by atoms with Crippen molar-refractivity contribution in [1.29, 1.82) is 0 Å². The van der Waals surface area contributed by atoms with Crippen molar-refractivity contribution < 1.29 is 0 Å². The molecule has 0 heteroatoms. The zero-order valence-corrected chi connectivity index (χ0v) is 13.4. The van der Waals surface area contributed by atoms with Gasteiger partial charge < -0.3 is 0 Å². The van der Waals surface area contributed by atoms with Crippen LogP contribution in [0.3, 0.4) is 0 Å². The lowest BCUT2D eigenvalue weighted by molar-refractivity contribution is 0.512. The zero-order valence-electron chi connectivity index (χ0n) is 13.4. The number of unbranched alkanes of at least 4 members (excludes halogenated alkanes) is 6. The molecule has 0 unspecified atom stereocenters. The van der Waals surface area contributed by atoms with E-state index in [-0.39, 0.29) is 0 Å². The maximum absolute atomic E-state index is 2.39. The fourth-order valence-electron chi connectivity index (χ4n) is 2.19. The second kappa shape index (κ2) is 13.2. The largest absolute Gasteiger partial charge is 0.0885 e. The molecule has 0 saturated carbocycles. The van der Waals surface area contributed by atoms with Crippen LogP contribution in [-0.4, -0.2) is 0 Å². The molecule has 18 heavy (non-hydrogen) atoms. The molecule has 0 heterocycles. The van der Waals surface area contributed by atoms with Crippen molar-refractivity contribution >= 4 is 0 Å². The fourth-order valence-corrected chi connectivity index (χ4v) is 2.19. The molecule has 108 valence electrons. The second-order valence-electron chi connectivity index (χ2n) is 6.54.